The van der Waals surface area contributed by atoms with Crippen LogP contribution in [0.15, 0.2) is 108 Å². The standard InChI is InChI=1S/C31H25FN4O2S/c1-21-6-14-26(15-7-21)34-31-35-29(20-39-31)23-10-12-24(13-11-23)30(37)36-33-18-22-8-16-27(17-9-22)38-19-25-4-2-3-5-28(25)32/h2-18,20H,19H2,1H3,(H,34,35)(H,36,37)/b33-18-. The molecule has 1 heterocycles. The second kappa shape index (κ2) is 12.1. The van der Waals surface area contributed by atoms with Gasteiger partial charge < -0.3 is 10.1 Å². The van der Waals surface area contributed by atoms with Crippen LogP contribution in [0, 0.1) is 12.7 Å². The molecule has 39 heavy (non-hydrogen) atoms. The van der Waals surface area contributed by atoms with E-state index in [2.05, 4.69) is 27.8 Å². The highest BCUT2D eigenvalue weighted by Gasteiger charge is 2.08. The van der Waals surface area contributed by atoms with Crippen LogP contribution in [-0.2, 0) is 6.61 Å². The molecule has 4 aromatic carbocycles. The fourth-order valence-electron chi connectivity index (χ4n) is 3.67. The molecule has 0 unspecified atom stereocenters. The minimum atomic E-state index is -0.317. The van der Waals surface area contributed by atoms with Crippen molar-refractivity contribution in [3.8, 4) is 17.0 Å². The number of thiazole rings is 1. The summed E-state index contributed by atoms with van der Waals surface area (Å²) in [6, 6.07) is 29.0. The molecule has 0 saturated heterocycles. The van der Waals surface area contributed by atoms with Crippen molar-refractivity contribution in [3.05, 3.63) is 131 Å². The van der Waals surface area contributed by atoms with Gasteiger partial charge in [0.15, 0.2) is 5.13 Å². The van der Waals surface area contributed by atoms with E-state index in [1.165, 1.54) is 23.0 Å². The molecule has 0 atom stereocenters. The first-order valence-corrected chi connectivity index (χ1v) is 13.1. The van der Waals surface area contributed by atoms with Gasteiger partial charge in [0, 0.05) is 27.8 Å². The van der Waals surface area contributed by atoms with Gasteiger partial charge in [-0.2, -0.15) is 5.10 Å². The van der Waals surface area contributed by atoms with E-state index in [-0.39, 0.29) is 18.3 Å². The highest BCUT2D eigenvalue weighted by molar-refractivity contribution is 7.14. The van der Waals surface area contributed by atoms with E-state index in [1.807, 2.05) is 41.8 Å². The van der Waals surface area contributed by atoms with Crippen LogP contribution in [0.4, 0.5) is 15.2 Å². The van der Waals surface area contributed by atoms with Crippen molar-refractivity contribution in [3.63, 3.8) is 0 Å². The average molecular weight is 537 g/mol. The van der Waals surface area contributed by atoms with E-state index in [0.717, 1.165) is 27.6 Å². The van der Waals surface area contributed by atoms with Gasteiger partial charge in [-0.15, -0.1) is 11.3 Å². The lowest BCUT2D eigenvalue weighted by Crippen LogP contribution is -2.17. The molecule has 1 aromatic heterocycles. The largest absolute Gasteiger partial charge is 0.489 e. The molecule has 0 aliphatic carbocycles. The molecule has 0 fully saturated rings. The van der Waals surface area contributed by atoms with Crippen molar-refractivity contribution < 1.29 is 13.9 Å². The number of amides is 1. The van der Waals surface area contributed by atoms with E-state index >= 15 is 0 Å². The number of halogens is 1. The molecule has 2 N–H and O–H groups in total. The number of hydrogen-bond donors (Lipinski definition) is 2. The summed E-state index contributed by atoms with van der Waals surface area (Å²) in [5, 5.41) is 10.1. The Morgan fingerprint density at radius 2 is 1.72 bits per heavy atom. The number of ether oxygens (including phenoxy) is 1. The molecular weight excluding hydrogens is 511 g/mol. The van der Waals surface area contributed by atoms with Gasteiger partial charge >= 0.3 is 0 Å². The van der Waals surface area contributed by atoms with E-state index in [4.69, 9.17) is 4.74 Å². The van der Waals surface area contributed by atoms with Gasteiger partial charge in [-0.1, -0.05) is 48.0 Å². The van der Waals surface area contributed by atoms with Gasteiger partial charge in [0.2, 0.25) is 0 Å². The molecule has 5 rings (SSSR count). The van der Waals surface area contributed by atoms with E-state index < -0.39 is 0 Å². The molecule has 0 aliphatic heterocycles. The zero-order valence-electron chi connectivity index (χ0n) is 21.1. The number of nitrogens with one attached hydrogen (secondary N) is 2. The fraction of sp³-hybridized carbons (Fsp3) is 0.0645. The summed E-state index contributed by atoms with van der Waals surface area (Å²) < 4.78 is 19.4. The number of benzene rings is 4. The molecule has 1 amide bonds. The zero-order valence-corrected chi connectivity index (χ0v) is 21.9. The third-order valence-electron chi connectivity index (χ3n) is 5.86. The Balaban J connectivity index is 1.12. The lowest BCUT2D eigenvalue weighted by molar-refractivity contribution is 0.0955. The molecular formula is C31H25FN4O2S. The van der Waals surface area contributed by atoms with Gasteiger partial charge in [0.25, 0.3) is 5.91 Å². The first-order valence-electron chi connectivity index (χ1n) is 12.2. The Morgan fingerprint density at radius 1 is 0.974 bits per heavy atom. The number of carbonyl (C=O) groups excluding carboxylic acids is 1. The van der Waals surface area contributed by atoms with Crippen molar-refractivity contribution in [2.24, 2.45) is 5.10 Å². The van der Waals surface area contributed by atoms with Crippen molar-refractivity contribution in [2.45, 2.75) is 13.5 Å². The summed E-state index contributed by atoms with van der Waals surface area (Å²) in [6.45, 7) is 2.19. The smallest absolute Gasteiger partial charge is 0.271 e. The van der Waals surface area contributed by atoms with Crippen LogP contribution < -0.4 is 15.5 Å². The Hall–Kier alpha value is -4.82. The summed E-state index contributed by atoms with van der Waals surface area (Å²) in [7, 11) is 0. The SMILES string of the molecule is Cc1ccc(Nc2nc(-c3ccc(C(=O)N/N=C\c4ccc(OCc5ccccc5F)cc4)cc3)cs2)cc1. The third-order valence-corrected chi connectivity index (χ3v) is 6.62. The van der Waals surface area contributed by atoms with Gasteiger partial charge in [-0.25, -0.2) is 14.8 Å². The fourth-order valence-corrected chi connectivity index (χ4v) is 4.41. The Kier molecular flexibility index (Phi) is 8.04. The topological polar surface area (TPSA) is 75.6 Å². The van der Waals surface area contributed by atoms with E-state index in [1.54, 1.807) is 60.8 Å². The monoisotopic (exact) mass is 536 g/mol. The number of rotatable bonds is 9. The Bertz CT molecular complexity index is 1580. The lowest BCUT2D eigenvalue weighted by Gasteiger charge is -2.07. The quantitative estimate of drug-likeness (QED) is 0.153. The molecule has 0 radical (unpaired) electrons. The number of nitrogens with zero attached hydrogens (tertiary/aromatic N) is 2. The summed E-state index contributed by atoms with van der Waals surface area (Å²) in [5.74, 6) is -0.00424. The Labute approximate surface area is 229 Å². The highest BCUT2D eigenvalue weighted by atomic mass is 32.1. The first kappa shape index (κ1) is 25.8. The Morgan fingerprint density at radius 3 is 2.46 bits per heavy atom. The predicted molar refractivity (Wildman–Crippen MR) is 154 cm³/mol. The van der Waals surface area contributed by atoms with Crippen LogP contribution in [0.25, 0.3) is 11.3 Å². The maximum atomic E-state index is 13.7. The van der Waals surface area contributed by atoms with Crippen LogP contribution in [0.3, 0.4) is 0 Å². The summed E-state index contributed by atoms with van der Waals surface area (Å²) in [5.41, 5.74) is 8.24. The maximum Gasteiger partial charge on any atom is 0.271 e. The summed E-state index contributed by atoms with van der Waals surface area (Å²) in [6.07, 6.45) is 1.55. The van der Waals surface area contributed by atoms with Crippen LogP contribution in [-0.4, -0.2) is 17.1 Å². The number of aromatic nitrogens is 1. The van der Waals surface area contributed by atoms with Crippen LogP contribution in [0.1, 0.15) is 27.0 Å². The molecule has 5 aromatic rings. The second-order valence-electron chi connectivity index (χ2n) is 8.75. The van der Waals surface area contributed by atoms with Crippen molar-refractivity contribution in [1.82, 2.24) is 10.4 Å². The van der Waals surface area contributed by atoms with Crippen LogP contribution >= 0.6 is 11.3 Å². The minimum Gasteiger partial charge on any atom is -0.489 e. The predicted octanol–water partition coefficient (Wildman–Crippen LogP) is 7.34. The molecule has 0 spiro atoms. The maximum absolute atomic E-state index is 13.7. The van der Waals surface area contributed by atoms with E-state index in [0.29, 0.717) is 16.9 Å². The number of hydrazone groups is 1. The van der Waals surface area contributed by atoms with Gasteiger partial charge in [-0.3, -0.25) is 4.79 Å². The number of anilines is 2. The first-order chi connectivity index (χ1) is 19.0. The summed E-state index contributed by atoms with van der Waals surface area (Å²) in [4.78, 5) is 17.2. The molecule has 0 saturated carbocycles. The zero-order chi connectivity index (χ0) is 27.0. The van der Waals surface area contributed by atoms with Crippen molar-refractivity contribution in [2.75, 3.05) is 5.32 Å². The summed E-state index contributed by atoms with van der Waals surface area (Å²) >= 11 is 1.52. The van der Waals surface area contributed by atoms with Gasteiger partial charge in [0.1, 0.15) is 18.2 Å². The second-order valence-corrected chi connectivity index (χ2v) is 9.61. The number of carbonyl (C=O) groups is 1. The molecule has 8 heteroatoms. The molecule has 6 nitrogen and oxygen atoms in total. The minimum absolute atomic E-state index is 0.142. The van der Waals surface area contributed by atoms with Gasteiger partial charge in [-0.05, 0) is 67.1 Å². The highest BCUT2D eigenvalue weighted by Crippen LogP contribution is 2.27. The average Bonchev–Trinajstić information content (AvgIpc) is 3.43. The normalized spacial score (nSPS) is 10.9. The lowest BCUT2D eigenvalue weighted by atomic mass is 10.1. The van der Waals surface area contributed by atoms with Crippen LogP contribution in [0.5, 0.6) is 5.75 Å². The molecule has 194 valence electrons. The van der Waals surface area contributed by atoms with Crippen molar-refractivity contribution >= 4 is 34.3 Å². The van der Waals surface area contributed by atoms with Crippen molar-refractivity contribution in [1.29, 1.82) is 0 Å². The molecule has 0 bridgehead atoms. The van der Waals surface area contributed by atoms with Crippen LogP contribution in [0.2, 0.25) is 0 Å². The number of hydrogen-bond acceptors (Lipinski definition) is 6. The van der Waals surface area contributed by atoms with Gasteiger partial charge in [0.05, 0.1) is 11.9 Å². The number of aryl methyl sites for hydroxylation is 1. The van der Waals surface area contributed by atoms with E-state index in [9.17, 15) is 9.18 Å². The molecule has 0 aliphatic rings. The third kappa shape index (κ3) is 6.94.